The Balaban J connectivity index is 2.25. The second-order valence-electron chi connectivity index (χ2n) is 2.88. The first-order valence-corrected chi connectivity index (χ1v) is 5.40. The fraction of sp³-hybridized carbons (Fsp3) is 0.111. The maximum Gasteiger partial charge on any atom is 0.187 e. The first-order chi connectivity index (χ1) is 7.70. The van der Waals surface area contributed by atoms with Crippen molar-refractivity contribution in [3.8, 4) is 5.75 Å². The van der Waals surface area contributed by atoms with E-state index in [1.807, 2.05) is 0 Å². The van der Waals surface area contributed by atoms with Gasteiger partial charge in [0.1, 0.15) is 0 Å². The van der Waals surface area contributed by atoms with Gasteiger partial charge in [-0.3, -0.25) is 0 Å². The molecule has 0 radical (unpaired) electrons. The molecule has 16 heavy (non-hydrogen) atoms. The number of benzene rings is 1. The fourth-order valence-electron chi connectivity index (χ4n) is 1.13. The van der Waals surface area contributed by atoms with Crippen molar-refractivity contribution in [2.75, 3.05) is 12.4 Å². The average Bonchev–Trinajstić information content (AvgIpc) is 2.67. The van der Waals surface area contributed by atoms with Gasteiger partial charge in [-0.25, -0.2) is 4.39 Å². The molecule has 84 valence electrons. The smallest absolute Gasteiger partial charge is 0.187 e. The van der Waals surface area contributed by atoms with E-state index < -0.39 is 5.82 Å². The van der Waals surface area contributed by atoms with Crippen LogP contribution in [0.5, 0.6) is 5.75 Å². The molecule has 1 aromatic heterocycles. The van der Waals surface area contributed by atoms with Gasteiger partial charge in [0.2, 0.25) is 0 Å². The van der Waals surface area contributed by atoms with Crippen LogP contribution in [0.3, 0.4) is 0 Å². The highest BCUT2D eigenvalue weighted by Crippen LogP contribution is 2.26. The molecule has 0 fully saturated rings. The first-order valence-electron chi connectivity index (χ1n) is 4.29. The Morgan fingerprint density at radius 2 is 2.25 bits per heavy atom. The monoisotopic (exact) mass is 259 g/mol. The van der Waals surface area contributed by atoms with Crippen LogP contribution in [0.4, 0.5) is 15.9 Å². The molecule has 0 bridgehead atoms. The predicted octanol–water partition coefficient (Wildman–Crippen LogP) is 3.08. The highest BCUT2D eigenvalue weighted by Gasteiger charge is 2.07. The van der Waals surface area contributed by atoms with E-state index in [4.69, 9.17) is 16.3 Å². The summed E-state index contributed by atoms with van der Waals surface area (Å²) in [6, 6.07) is 4.38. The van der Waals surface area contributed by atoms with Gasteiger partial charge in [0.15, 0.2) is 22.5 Å². The SMILES string of the molecule is COc1cc(Nc2nsnc2Cl)ccc1F. The number of hydrogen-bond donors (Lipinski definition) is 1. The quantitative estimate of drug-likeness (QED) is 0.920. The minimum Gasteiger partial charge on any atom is -0.494 e. The van der Waals surface area contributed by atoms with Crippen LogP contribution in [0.1, 0.15) is 0 Å². The summed E-state index contributed by atoms with van der Waals surface area (Å²) in [5, 5.41) is 3.20. The predicted molar refractivity (Wildman–Crippen MR) is 61.2 cm³/mol. The number of halogens is 2. The van der Waals surface area contributed by atoms with Crippen LogP contribution >= 0.6 is 23.3 Å². The van der Waals surface area contributed by atoms with Crippen LogP contribution in [0, 0.1) is 5.82 Å². The molecule has 0 amide bonds. The van der Waals surface area contributed by atoms with Crippen molar-refractivity contribution >= 4 is 34.8 Å². The molecule has 0 spiro atoms. The van der Waals surface area contributed by atoms with E-state index in [9.17, 15) is 4.39 Å². The number of anilines is 2. The molecule has 1 heterocycles. The zero-order valence-electron chi connectivity index (χ0n) is 8.20. The zero-order chi connectivity index (χ0) is 11.5. The van der Waals surface area contributed by atoms with Crippen LogP contribution in [0.15, 0.2) is 18.2 Å². The summed E-state index contributed by atoms with van der Waals surface area (Å²) < 4.78 is 25.7. The Morgan fingerprint density at radius 1 is 1.44 bits per heavy atom. The molecule has 2 aromatic rings. The molecule has 1 N–H and O–H groups in total. The molecular weight excluding hydrogens is 253 g/mol. The maximum atomic E-state index is 13.1. The molecular formula is C9H7ClFN3OS. The number of rotatable bonds is 3. The molecule has 2 rings (SSSR count). The Hall–Kier alpha value is -1.40. The van der Waals surface area contributed by atoms with Crippen LogP contribution < -0.4 is 10.1 Å². The third-order valence-corrected chi connectivity index (χ3v) is 2.75. The minimum absolute atomic E-state index is 0.157. The lowest BCUT2D eigenvalue weighted by Crippen LogP contribution is -1.94. The van der Waals surface area contributed by atoms with E-state index in [2.05, 4.69) is 14.1 Å². The van der Waals surface area contributed by atoms with Crippen molar-refractivity contribution in [3.05, 3.63) is 29.2 Å². The molecule has 0 aliphatic carbocycles. The molecule has 7 heteroatoms. The summed E-state index contributed by atoms with van der Waals surface area (Å²) in [5.41, 5.74) is 0.632. The second kappa shape index (κ2) is 4.63. The van der Waals surface area contributed by atoms with Gasteiger partial charge in [0.05, 0.1) is 18.8 Å². The van der Waals surface area contributed by atoms with Gasteiger partial charge in [-0.2, -0.15) is 8.75 Å². The summed E-state index contributed by atoms with van der Waals surface area (Å²) in [6.45, 7) is 0. The van der Waals surface area contributed by atoms with Crippen molar-refractivity contribution in [2.45, 2.75) is 0 Å². The average molecular weight is 260 g/mol. The van der Waals surface area contributed by atoms with Gasteiger partial charge >= 0.3 is 0 Å². The molecule has 4 nitrogen and oxygen atoms in total. The third-order valence-electron chi connectivity index (χ3n) is 1.86. The van der Waals surface area contributed by atoms with Gasteiger partial charge in [-0.05, 0) is 12.1 Å². The number of aromatic nitrogens is 2. The molecule has 0 saturated carbocycles. The molecule has 0 saturated heterocycles. The molecule has 0 aliphatic heterocycles. The molecule has 1 aromatic carbocycles. The summed E-state index contributed by atoms with van der Waals surface area (Å²) in [5.74, 6) is 0.181. The van der Waals surface area contributed by atoms with Gasteiger partial charge in [0.25, 0.3) is 0 Å². The van der Waals surface area contributed by atoms with Crippen LogP contribution in [-0.2, 0) is 0 Å². The van der Waals surface area contributed by atoms with E-state index >= 15 is 0 Å². The maximum absolute atomic E-state index is 13.1. The standard InChI is InChI=1S/C9H7ClFN3OS/c1-15-7-4-5(2-3-6(7)11)12-9-8(10)13-16-14-9/h2-4H,1H3,(H,12,14). The summed E-state index contributed by atoms with van der Waals surface area (Å²) in [7, 11) is 1.40. The molecule has 0 atom stereocenters. The van der Waals surface area contributed by atoms with E-state index in [-0.39, 0.29) is 10.9 Å². The Kier molecular flexibility index (Phi) is 3.21. The zero-order valence-corrected chi connectivity index (χ0v) is 9.77. The van der Waals surface area contributed by atoms with Gasteiger partial charge in [-0.15, -0.1) is 0 Å². The Morgan fingerprint density at radius 3 is 2.88 bits per heavy atom. The van der Waals surface area contributed by atoms with Crippen molar-refractivity contribution in [2.24, 2.45) is 0 Å². The summed E-state index contributed by atoms with van der Waals surface area (Å²) in [4.78, 5) is 0. The van der Waals surface area contributed by atoms with Crippen LogP contribution in [0.25, 0.3) is 0 Å². The highest BCUT2D eigenvalue weighted by atomic mass is 35.5. The molecule has 0 unspecified atom stereocenters. The second-order valence-corrected chi connectivity index (χ2v) is 3.76. The number of hydrogen-bond acceptors (Lipinski definition) is 5. The van der Waals surface area contributed by atoms with E-state index in [0.29, 0.717) is 11.5 Å². The van der Waals surface area contributed by atoms with Gasteiger partial charge in [-0.1, -0.05) is 11.6 Å². The lowest BCUT2D eigenvalue weighted by Gasteiger charge is -2.06. The number of methoxy groups -OCH3 is 1. The third kappa shape index (κ3) is 2.23. The Bertz CT molecular complexity index is 505. The van der Waals surface area contributed by atoms with E-state index in [0.717, 1.165) is 11.7 Å². The topological polar surface area (TPSA) is 47.0 Å². The first kappa shape index (κ1) is 11.1. The van der Waals surface area contributed by atoms with Gasteiger partial charge in [0, 0.05) is 11.8 Å². The number of ether oxygens (including phenoxy) is 1. The van der Waals surface area contributed by atoms with Gasteiger partial charge < -0.3 is 10.1 Å². The van der Waals surface area contributed by atoms with Crippen molar-refractivity contribution < 1.29 is 9.13 Å². The van der Waals surface area contributed by atoms with Crippen molar-refractivity contribution in [1.82, 2.24) is 8.75 Å². The number of nitrogens with one attached hydrogen (secondary N) is 1. The minimum atomic E-state index is -0.421. The fourth-order valence-corrected chi connectivity index (χ4v) is 1.77. The largest absolute Gasteiger partial charge is 0.494 e. The van der Waals surface area contributed by atoms with Crippen molar-refractivity contribution in [3.63, 3.8) is 0 Å². The summed E-state index contributed by atoms with van der Waals surface area (Å²) >= 11 is 6.76. The summed E-state index contributed by atoms with van der Waals surface area (Å²) in [6.07, 6.45) is 0. The van der Waals surface area contributed by atoms with Crippen LogP contribution in [-0.4, -0.2) is 15.9 Å². The lowest BCUT2D eigenvalue weighted by atomic mass is 10.3. The van der Waals surface area contributed by atoms with E-state index in [1.165, 1.54) is 19.2 Å². The number of nitrogens with zero attached hydrogens (tertiary/aromatic N) is 2. The van der Waals surface area contributed by atoms with Crippen molar-refractivity contribution in [1.29, 1.82) is 0 Å². The van der Waals surface area contributed by atoms with Crippen LogP contribution in [0.2, 0.25) is 5.15 Å². The highest BCUT2D eigenvalue weighted by molar-refractivity contribution is 6.99. The lowest BCUT2D eigenvalue weighted by molar-refractivity contribution is 0.387. The van der Waals surface area contributed by atoms with E-state index in [1.54, 1.807) is 6.07 Å². The molecule has 0 aliphatic rings. The normalized spacial score (nSPS) is 10.2. The Labute approximate surface area is 100 Å².